The lowest BCUT2D eigenvalue weighted by molar-refractivity contribution is 0.225. The molecule has 1 spiro atoms. The lowest BCUT2D eigenvalue weighted by atomic mass is 9.71. The van der Waals surface area contributed by atoms with Crippen LogP contribution >= 0.6 is 0 Å². The third-order valence-electron chi connectivity index (χ3n) is 6.58. The molecule has 3 heteroatoms. The molecule has 0 unspecified atom stereocenters. The Morgan fingerprint density at radius 2 is 1.74 bits per heavy atom. The number of nitrogens with zero attached hydrogens (tertiary/aromatic N) is 2. The number of fused-ring (bicyclic) bond motifs is 3. The van der Waals surface area contributed by atoms with Crippen LogP contribution in [0, 0.1) is 25.8 Å². The fourth-order valence-electron chi connectivity index (χ4n) is 5.39. The van der Waals surface area contributed by atoms with Gasteiger partial charge in [0.25, 0.3) is 0 Å². The minimum atomic E-state index is 0.0404. The Balaban J connectivity index is 1.69. The lowest BCUT2D eigenvalue weighted by Gasteiger charge is -2.33. The Morgan fingerprint density at radius 1 is 1.00 bits per heavy atom. The molecular formula is C24H28N2O. The zero-order chi connectivity index (χ0) is 18.8. The van der Waals surface area contributed by atoms with E-state index >= 15 is 0 Å². The molecule has 2 aromatic heterocycles. The van der Waals surface area contributed by atoms with Crippen molar-refractivity contribution in [1.29, 1.82) is 0 Å². The average molecular weight is 361 g/mol. The van der Waals surface area contributed by atoms with Crippen molar-refractivity contribution in [2.45, 2.75) is 71.8 Å². The van der Waals surface area contributed by atoms with E-state index in [-0.39, 0.29) is 11.0 Å². The molecule has 1 aliphatic carbocycles. The van der Waals surface area contributed by atoms with Crippen LogP contribution < -0.4 is 4.90 Å². The van der Waals surface area contributed by atoms with Crippen molar-refractivity contribution in [2.24, 2.45) is 5.41 Å². The number of benzene rings is 1. The van der Waals surface area contributed by atoms with Gasteiger partial charge >= 0.3 is 0 Å². The first-order valence-corrected chi connectivity index (χ1v) is 10.3. The van der Waals surface area contributed by atoms with E-state index in [1.54, 1.807) is 0 Å². The Hall–Kier alpha value is -2.03. The van der Waals surface area contributed by atoms with E-state index < -0.39 is 0 Å². The molecule has 0 bridgehead atoms. The number of aromatic nitrogens is 1. The molecule has 5 rings (SSSR count). The largest absolute Gasteiger partial charge is 0.436 e. The quantitative estimate of drug-likeness (QED) is 0.491. The molecule has 0 N–H and O–H groups in total. The third-order valence-corrected chi connectivity index (χ3v) is 6.58. The van der Waals surface area contributed by atoms with Gasteiger partial charge in [-0.1, -0.05) is 31.4 Å². The molecule has 0 amide bonds. The zero-order valence-corrected chi connectivity index (χ0v) is 16.9. The maximum absolute atomic E-state index is 6.33. The van der Waals surface area contributed by atoms with Crippen LogP contribution in [0.5, 0.6) is 0 Å². The average Bonchev–Trinajstić information content (AvgIpc) is 3.09. The summed E-state index contributed by atoms with van der Waals surface area (Å²) >= 11 is 0. The van der Waals surface area contributed by atoms with Gasteiger partial charge in [-0.05, 0) is 64.7 Å². The monoisotopic (exact) mass is 360 g/mol. The van der Waals surface area contributed by atoms with Crippen LogP contribution in [0.15, 0.2) is 28.7 Å². The minimum Gasteiger partial charge on any atom is -0.436 e. The molecule has 2 radical (unpaired) electrons. The molecule has 3 heterocycles. The summed E-state index contributed by atoms with van der Waals surface area (Å²) in [6.45, 7) is 12.9. The van der Waals surface area contributed by atoms with Crippen molar-refractivity contribution in [2.75, 3.05) is 4.90 Å². The Labute approximate surface area is 161 Å². The highest BCUT2D eigenvalue weighted by Gasteiger charge is 2.50. The molecule has 2 aliphatic rings. The maximum atomic E-state index is 6.33. The molecule has 3 nitrogen and oxygen atoms in total. The van der Waals surface area contributed by atoms with Crippen molar-refractivity contribution >= 4 is 27.8 Å². The van der Waals surface area contributed by atoms with Gasteiger partial charge in [0.1, 0.15) is 0 Å². The molecular weight excluding hydrogens is 332 g/mol. The highest BCUT2D eigenvalue weighted by Crippen LogP contribution is 2.55. The summed E-state index contributed by atoms with van der Waals surface area (Å²) in [5.74, 6) is 0. The third kappa shape index (κ3) is 2.58. The second-order valence-electron chi connectivity index (χ2n) is 9.29. The molecule has 140 valence electrons. The van der Waals surface area contributed by atoms with Crippen molar-refractivity contribution in [3.05, 3.63) is 42.1 Å². The van der Waals surface area contributed by atoms with E-state index in [0.29, 0.717) is 0 Å². The zero-order valence-electron chi connectivity index (χ0n) is 16.9. The summed E-state index contributed by atoms with van der Waals surface area (Å²) in [6.07, 6.45) is 7.73. The van der Waals surface area contributed by atoms with Crippen LogP contribution in [0.25, 0.3) is 22.1 Å². The SMILES string of the molecule is Cc1ccc2c(n1)oc1c(N3[C]C4(CCCCC4)CC3(C)C)c(C)ccc12. The first-order chi connectivity index (χ1) is 12.9. The van der Waals surface area contributed by atoms with Crippen molar-refractivity contribution < 1.29 is 4.42 Å². The molecule has 1 aliphatic heterocycles. The van der Waals surface area contributed by atoms with Gasteiger partial charge in [0.2, 0.25) is 5.71 Å². The summed E-state index contributed by atoms with van der Waals surface area (Å²) in [5, 5.41) is 2.25. The number of furan rings is 1. The Kier molecular flexibility index (Phi) is 3.63. The molecule has 3 aromatic rings. The predicted octanol–water partition coefficient (Wildman–Crippen LogP) is 6.58. The number of hydrogen-bond donors (Lipinski definition) is 0. The van der Waals surface area contributed by atoms with Crippen molar-refractivity contribution in [3.8, 4) is 0 Å². The maximum Gasteiger partial charge on any atom is 0.227 e. The van der Waals surface area contributed by atoms with Gasteiger partial charge < -0.3 is 9.32 Å². The van der Waals surface area contributed by atoms with Crippen LogP contribution in [0.2, 0.25) is 0 Å². The van der Waals surface area contributed by atoms with E-state index in [1.807, 2.05) is 6.92 Å². The van der Waals surface area contributed by atoms with Crippen LogP contribution in [0.4, 0.5) is 5.69 Å². The predicted molar refractivity (Wildman–Crippen MR) is 111 cm³/mol. The summed E-state index contributed by atoms with van der Waals surface area (Å²) in [4.78, 5) is 7.03. The van der Waals surface area contributed by atoms with Crippen LogP contribution in [0.1, 0.15) is 63.6 Å². The second-order valence-corrected chi connectivity index (χ2v) is 9.29. The summed E-state index contributed by atoms with van der Waals surface area (Å²) < 4.78 is 6.33. The lowest BCUT2D eigenvalue weighted by Crippen LogP contribution is -2.36. The summed E-state index contributed by atoms with van der Waals surface area (Å²) in [5.41, 5.74) is 5.37. The minimum absolute atomic E-state index is 0.0404. The van der Waals surface area contributed by atoms with Gasteiger partial charge in [-0.3, -0.25) is 0 Å². The van der Waals surface area contributed by atoms with E-state index in [9.17, 15) is 0 Å². The highest BCUT2D eigenvalue weighted by atomic mass is 16.3. The fourth-order valence-corrected chi connectivity index (χ4v) is 5.39. The summed E-state index contributed by atoms with van der Waals surface area (Å²) in [7, 11) is 0. The first kappa shape index (κ1) is 17.1. The molecule has 1 aromatic carbocycles. The fraction of sp³-hybridized carbons (Fsp3) is 0.500. The van der Waals surface area contributed by atoms with E-state index in [4.69, 9.17) is 4.42 Å². The topological polar surface area (TPSA) is 29.3 Å². The first-order valence-electron chi connectivity index (χ1n) is 10.3. The Bertz CT molecular complexity index is 1020. The van der Waals surface area contributed by atoms with Crippen LogP contribution in [-0.4, -0.2) is 10.5 Å². The second kappa shape index (κ2) is 5.73. The molecule has 1 saturated heterocycles. The standard InChI is InChI=1S/C24H28N2O/c1-16-8-10-18-19-11-9-17(2)25-22(19)27-21(18)20(16)26-15-24(14-23(26,3)4)12-6-5-7-13-24/h8-11H,5-7,12-14H2,1-4H3. The number of anilines is 1. The number of pyridine rings is 1. The van der Waals surface area contributed by atoms with E-state index in [0.717, 1.165) is 27.8 Å². The molecule has 27 heavy (non-hydrogen) atoms. The number of rotatable bonds is 1. The number of hydrogen-bond acceptors (Lipinski definition) is 3. The molecule has 0 atom stereocenters. The van der Waals surface area contributed by atoms with Crippen LogP contribution in [-0.2, 0) is 0 Å². The van der Waals surface area contributed by atoms with Crippen LogP contribution in [0.3, 0.4) is 0 Å². The van der Waals surface area contributed by atoms with Gasteiger partial charge in [-0.2, -0.15) is 0 Å². The summed E-state index contributed by atoms with van der Waals surface area (Å²) in [6, 6.07) is 8.59. The van der Waals surface area contributed by atoms with Gasteiger partial charge in [0.15, 0.2) is 5.58 Å². The van der Waals surface area contributed by atoms with Gasteiger partial charge in [0.05, 0.1) is 12.2 Å². The van der Waals surface area contributed by atoms with Crippen molar-refractivity contribution in [1.82, 2.24) is 4.98 Å². The molecule has 2 fully saturated rings. The van der Waals surface area contributed by atoms with Crippen molar-refractivity contribution in [3.63, 3.8) is 0 Å². The smallest absolute Gasteiger partial charge is 0.227 e. The van der Waals surface area contributed by atoms with E-state index in [1.165, 1.54) is 49.8 Å². The Morgan fingerprint density at radius 3 is 2.52 bits per heavy atom. The highest BCUT2D eigenvalue weighted by molar-refractivity contribution is 6.08. The van der Waals surface area contributed by atoms with Gasteiger partial charge in [-0.25, -0.2) is 4.98 Å². The normalized spacial score (nSPS) is 21.6. The van der Waals surface area contributed by atoms with Gasteiger partial charge in [-0.15, -0.1) is 0 Å². The van der Waals surface area contributed by atoms with E-state index in [2.05, 4.69) is 61.5 Å². The molecule has 1 saturated carbocycles. The number of aryl methyl sites for hydroxylation is 2. The van der Waals surface area contributed by atoms with Gasteiger partial charge in [0, 0.05) is 27.4 Å².